The van der Waals surface area contributed by atoms with Crippen LogP contribution in [0.2, 0.25) is 0 Å². The Morgan fingerprint density at radius 2 is 1.52 bits per heavy atom. The maximum atomic E-state index is 15.3. The highest BCUT2D eigenvalue weighted by atomic mass is 32.2. The Labute approximate surface area is 288 Å². The molecule has 3 saturated heterocycles. The minimum Gasteiger partial charge on any atom is -0.394 e. The summed E-state index contributed by atoms with van der Waals surface area (Å²) in [6, 6.07) is 23.6. The van der Waals surface area contributed by atoms with E-state index in [9.17, 15) is 9.90 Å². The van der Waals surface area contributed by atoms with Crippen LogP contribution in [-0.2, 0) is 20.8 Å². The summed E-state index contributed by atoms with van der Waals surface area (Å²) in [7, 11) is 0. The SMILES string of the molecule is C=CCN(C(=O)[C@@H]1[C@H]2C(=O)N([C@@H](CO)Cc3ccccc3)C(C(=O)N(CC=C)c3c(C)cccc3C)C23CC[C@@]1(C)S3)c1ccccc1. The van der Waals surface area contributed by atoms with Gasteiger partial charge < -0.3 is 19.8 Å². The summed E-state index contributed by atoms with van der Waals surface area (Å²) in [4.78, 5) is 50.4. The van der Waals surface area contributed by atoms with Gasteiger partial charge in [-0.1, -0.05) is 78.9 Å². The van der Waals surface area contributed by atoms with Crippen LogP contribution in [0.5, 0.6) is 0 Å². The van der Waals surface area contributed by atoms with Crippen LogP contribution < -0.4 is 9.80 Å². The molecule has 3 heterocycles. The topological polar surface area (TPSA) is 81.2 Å². The van der Waals surface area contributed by atoms with E-state index < -0.39 is 33.4 Å². The number of aliphatic hydroxyl groups excluding tert-OH is 1. The molecule has 7 nitrogen and oxygen atoms in total. The van der Waals surface area contributed by atoms with Crippen LogP contribution >= 0.6 is 11.8 Å². The number of fused-ring (bicyclic) bond motifs is 1. The van der Waals surface area contributed by atoms with Gasteiger partial charge in [0.05, 0.1) is 29.2 Å². The number of nitrogens with zero attached hydrogens (tertiary/aromatic N) is 3. The first kappa shape index (κ1) is 33.7. The lowest BCUT2D eigenvalue weighted by molar-refractivity contribution is -0.142. The highest BCUT2D eigenvalue weighted by molar-refractivity contribution is 8.02. The van der Waals surface area contributed by atoms with Gasteiger partial charge in [0.1, 0.15) is 6.04 Å². The Hall–Kier alpha value is -4.14. The lowest BCUT2D eigenvalue weighted by Gasteiger charge is -2.40. The fourth-order valence-electron chi connectivity index (χ4n) is 8.58. The molecule has 2 bridgehead atoms. The monoisotopic (exact) mass is 663 g/mol. The normalized spacial score (nSPS) is 26.2. The van der Waals surface area contributed by atoms with Crippen molar-refractivity contribution < 1.29 is 19.5 Å². The summed E-state index contributed by atoms with van der Waals surface area (Å²) in [6.45, 7) is 14.2. The highest BCUT2D eigenvalue weighted by Gasteiger charge is 2.78. The average Bonchev–Trinajstić information content (AvgIpc) is 3.66. The summed E-state index contributed by atoms with van der Waals surface area (Å²) in [5, 5.41) is 10.9. The minimum absolute atomic E-state index is 0.134. The summed E-state index contributed by atoms with van der Waals surface area (Å²) in [5.74, 6) is -1.96. The number of hydrogen-bond acceptors (Lipinski definition) is 5. The van der Waals surface area contributed by atoms with Gasteiger partial charge in [0, 0.05) is 29.2 Å². The first-order chi connectivity index (χ1) is 23.1. The Morgan fingerprint density at radius 1 is 0.917 bits per heavy atom. The van der Waals surface area contributed by atoms with Crippen molar-refractivity contribution in [1.29, 1.82) is 0 Å². The molecule has 3 aliphatic heterocycles. The fourth-order valence-corrected chi connectivity index (χ4v) is 10.9. The van der Waals surface area contributed by atoms with E-state index in [-0.39, 0.29) is 30.9 Å². The number of anilines is 2. The zero-order valence-corrected chi connectivity index (χ0v) is 28.9. The van der Waals surface area contributed by atoms with E-state index in [4.69, 9.17) is 0 Å². The summed E-state index contributed by atoms with van der Waals surface area (Å²) >= 11 is 1.65. The predicted octanol–water partition coefficient (Wildman–Crippen LogP) is 6.13. The maximum Gasteiger partial charge on any atom is 0.251 e. The second-order valence-corrected chi connectivity index (χ2v) is 15.4. The molecule has 3 amide bonds. The number of benzene rings is 3. The third kappa shape index (κ3) is 5.49. The van der Waals surface area contributed by atoms with Gasteiger partial charge in [0.25, 0.3) is 5.91 Å². The molecule has 3 aromatic rings. The molecule has 3 aromatic carbocycles. The van der Waals surface area contributed by atoms with E-state index in [2.05, 4.69) is 20.1 Å². The van der Waals surface area contributed by atoms with Crippen molar-refractivity contribution in [3.8, 4) is 0 Å². The van der Waals surface area contributed by atoms with Crippen molar-refractivity contribution in [2.75, 3.05) is 29.5 Å². The second kappa shape index (κ2) is 13.4. The standard InChI is InChI=1S/C40H45N3O4S/c1-6-23-41(30-19-12-9-13-20-30)36(45)32-33-37(46)43(31(26-44)25-29-17-10-8-11-18-29)35(40(33)22-21-39(32,5)48-40)38(47)42(24-7-2)34-27(3)15-14-16-28(34)4/h6-20,31-33,35,44H,1-2,21-26H2,3-5H3/t31-,32+,33+,35?,39-,40?/m1/s1. The third-order valence-corrected chi connectivity index (χ3v) is 12.6. The number of aliphatic hydroxyl groups is 1. The molecule has 0 radical (unpaired) electrons. The molecule has 8 heteroatoms. The summed E-state index contributed by atoms with van der Waals surface area (Å²) < 4.78 is -1.40. The number of hydrogen-bond donors (Lipinski definition) is 1. The van der Waals surface area contributed by atoms with Crippen molar-refractivity contribution in [2.45, 2.75) is 61.6 Å². The molecule has 6 rings (SSSR count). The zero-order valence-electron chi connectivity index (χ0n) is 28.0. The number of aryl methyl sites for hydroxylation is 2. The number of carbonyl (C=O) groups is 3. The molecule has 48 heavy (non-hydrogen) atoms. The zero-order chi connectivity index (χ0) is 34.2. The van der Waals surface area contributed by atoms with Gasteiger partial charge in [-0.3, -0.25) is 14.4 Å². The van der Waals surface area contributed by atoms with Crippen molar-refractivity contribution in [3.05, 3.63) is 121 Å². The van der Waals surface area contributed by atoms with Crippen molar-refractivity contribution >= 4 is 40.9 Å². The number of para-hydroxylation sites is 2. The number of likely N-dealkylation sites (tertiary alicyclic amines) is 1. The first-order valence-electron chi connectivity index (χ1n) is 16.7. The first-order valence-corrected chi connectivity index (χ1v) is 17.6. The molecule has 0 aromatic heterocycles. The van der Waals surface area contributed by atoms with Crippen LogP contribution in [-0.4, -0.2) is 69.0 Å². The molecular weight excluding hydrogens is 619 g/mol. The Balaban J connectivity index is 1.50. The van der Waals surface area contributed by atoms with Crippen LogP contribution in [0.4, 0.5) is 11.4 Å². The Morgan fingerprint density at radius 3 is 2.12 bits per heavy atom. The predicted molar refractivity (Wildman–Crippen MR) is 194 cm³/mol. The number of rotatable bonds is 12. The van der Waals surface area contributed by atoms with Gasteiger partial charge in [-0.25, -0.2) is 0 Å². The van der Waals surface area contributed by atoms with E-state index in [0.717, 1.165) is 28.1 Å². The van der Waals surface area contributed by atoms with Crippen molar-refractivity contribution in [3.63, 3.8) is 0 Å². The maximum absolute atomic E-state index is 15.3. The molecule has 0 aliphatic carbocycles. The van der Waals surface area contributed by atoms with Crippen LogP contribution in [0.25, 0.3) is 0 Å². The van der Waals surface area contributed by atoms with Crippen LogP contribution in [0, 0.1) is 25.7 Å². The van der Waals surface area contributed by atoms with E-state index in [1.165, 1.54) is 0 Å². The van der Waals surface area contributed by atoms with Crippen LogP contribution in [0.3, 0.4) is 0 Å². The minimum atomic E-state index is -0.885. The van der Waals surface area contributed by atoms with Crippen molar-refractivity contribution in [2.24, 2.45) is 11.8 Å². The van der Waals surface area contributed by atoms with Gasteiger partial charge in [-0.05, 0) is 68.9 Å². The molecule has 3 fully saturated rings. The van der Waals surface area contributed by atoms with E-state index in [1.54, 1.807) is 38.6 Å². The fraction of sp³-hybridized carbons (Fsp3) is 0.375. The van der Waals surface area contributed by atoms with E-state index in [1.807, 2.05) is 92.7 Å². The molecule has 1 N–H and O–H groups in total. The summed E-state index contributed by atoms with van der Waals surface area (Å²) in [5.41, 5.74) is 4.40. The average molecular weight is 664 g/mol. The molecule has 250 valence electrons. The van der Waals surface area contributed by atoms with Crippen LogP contribution in [0.1, 0.15) is 36.5 Å². The largest absolute Gasteiger partial charge is 0.394 e. The molecule has 2 unspecified atom stereocenters. The van der Waals surface area contributed by atoms with Gasteiger partial charge >= 0.3 is 0 Å². The Kier molecular flexibility index (Phi) is 9.42. The smallest absolute Gasteiger partial charge is 0.251 e. The van der Waals surface area contributed by atoms with Gasteiger partial charge in [-0.15, -0.1) is 24.9 Å². The number of carbonyl (C=O) groups excluding carboxylic acids is 3. The van der Waals surface area contributed by atoms with Gasteiger partial charge in [0.2, 0.25) is 11.8 Å². The third-order valence-electron chi connectivity index (χ3n) is 10.6. The lowest BCUT2D eigenvalue weighted by atomic mass is 9.66. The molecule has 1 spiro atoms. The summed E-state index contributed by atoms with van der Waals surface area (Å²) in [6.07, 6.45) is 5.12. The number of amides is 3. The van der Waals surface area contributed by atoms with Crippen molar-refractivity contribution in [1.82, 2.24) is 4.90 Å². The molecular formula is C40H45N3O4S. The van der Waals surface area contributed by atoms with Gasteiger partial charge in [0.15, 0.2) is 0 Å². The molecule has 3 aliphatic rings. The molecule has 0 saturated carbocycles. The second-order valence-electron chi connectivity index (χ2n) is 13.6. The Bertz CT molecular complexity index is 1690. The van der Waals surface area contributed by atoms with E-state index in [0.29, 0.717) is 25.8 Å². The lowest BCUT2D eigenvalue weighted by Crippen LogP contribution is -2.58. The molecule has 6 atom stereocenters. The quantitative estimate of drug-likeness (QED) is 0.236. The number of thioether (sulfide) groups is 1. The van der Waals surface area contributed by atoms with Crippen LogP contribution in [0.15, 0.2) is 104 Å². The van der Waals surface area contributed by atoms with Gasteiger partial charge in [-0.2, -0.15) is 0 Å². The van der Waals surface area contributed by atoms with E-state index >= 15 is 9.59 Å². The highest BCUT2D eigenvalue weighted by Crippen LogP contribution is 2.72.